The number of hydrogen-bond acceptors (Lipinski definition) is 6. The molecule has 0 bridgehead atoms. The highest BCUT2D eigenvalue weighted by Gasteiger charge is 2.14. The molecule has 6 heterocycles. The zero-order valence-electron chi connectivity index (χ0n) is 38.5. The highest BCUT2D eigenvalue weighted by atomic mass is 79.9. The van der Waals surface area contributed by atoms with E-state index in [9.17, 15) is 0 Å². The Morgan fingerprint density at radius 1 is 0.371 bits per heavy atom. The van der Waals surface area contributed by atoms with Crippen molar-refractivity contribution >= 4 is 132 Å². The molecular weight excluding hydrogens is 1230 g/mol. The predicted octanol–water partition coefficient (Wildman–Crippen LogP) is 22.3. The number of benzene rings is 3. The van der Waals surface area contributed by atoms with Crippen LogP contribution in [0.4, 0.5) is 0 Å². The van der Waals surface area contributed by atoms with Gasteiger partial charge < -0.3 is 0 Å². The van der Waals surface area contributed by atoms with Gasteiger partial charge in [-0.3, -0.25) is 0 Å². The first-order chi connectivity index (χ1) is 34.1. The van der Waals surface area contributed by atoms with Crippen LogP contribution in [-0.4, -0.2) is 0 Å². The average Bonchev–Trinajstić information content (AvgIpc) is 4.26. The third kappa shape index (κ3) is 15.5. The van der Waals surface area contributed by atoms with E-state index in [4.69, 9.17) is 12.8 Å². The van der Waals surface area contributed by atoms with Gasteiger partial charge in [0.2, 0.25) is 0 Å². The molecule has 0 saturated carbocycles. The largest absolute Gasteiger partial charge is 0.134 e. The maximum absolute atomic E-state index is 5.81. The van der Waals surface area contributed by atoms with Crippen molar-refractivity contribution in [3.8, 4) is 110 Å². The molecule has 10 heteroatoms. The van der Waals surface area contributed by atoms with Crippen molar-refractivity contribution < 1.29 is 0 Å². The Morgan fingerprint density at radius 3 is 1.01 bits per heavy atom. The summed E-state index contributed by atoms with van der Waals surface area (Å²) in [7, 11) is 0. The molecule has 0 atom stereocenters. The molecule has 0 radical (unpaired) electrons. The monoisotopic (exact) mass is 1270 g/mol. The number of thiophene rings is 6. The smallest absolute Gasteiger partial charge is 0.0931 e. The van der Waals surface area contributed by atoms with E-state index in [1.165, 1.54) is 94.5 Å². The molecule has 0 N–H and O–H groups in total. The van der Waals surface area contributed by atoms with Crippen LogP contribution < -0.4 is 0 Å². The summed E-state index contributed by atoms with van der Waals surface area (Å²) in [6.07, 6.45) is 20.6. The SMILES string of the molecule is Brc1ccc(-c2ccc(-c3ccc(Br)s3)cc2)s1.Brc1ccc(Br)cc1.C#Cc1cc(-c2ccc(-c3ccc(-c4ccc(-c5cc(C#C)c(C#CCCCCC)s5)s4)cc3)s2)sc1C#CCCCCC. The Hall–Kier alpha value is -3.98. The van der Waals surface area contributed by atoms with Crippen LogP contribution in [0.5, 0.6) is 0 Å². The molecule has 350 valence electrons. The van der Waals surface area contributed by atoms with E-state index >= 15 is 0 Å². The van der Waals surface area contributed by atoms with E-state index in [0.717, 1.165) is 55.5 Å². The molecule has 0 saturated heterocycles. The summed E-state index contributed by atoms with van der Waals surface area (Å²) < 4.78 is 4.56. The standard InChI is InChI=1S/C40H34S4.C14H8Br2S2.C6H4Br2/c1-5-9-11-13-15-17-33-29(7-3)27-39(43-33)37-25-23-35(41-37)31-19-21-32(22-20-31)36-24-26-38(42-36)40-28-30(8-4)34(44-40)18-16-14-12-10-6-2;15-13-7-5-11(17-13)9-1-2-10(4-3-9)12-6-8-14(16)18-12;7-5-1-2-6(8)4-3-5/h3-4,19-28H,5-6,9-14H2,1-2H3;1-8H;1-4H. The molecule has 70 heavy (non-hydrogen) atoms. The Kier molecular flexibility index (Phi) is 21.3. The molecule has 0 unspecified atom stereocenters. The van der Waals surface area contributed by atoms with Gasteiger partial charge in [-0.15, -0.1) is 80.9 Å². The quantitative estimate of drug-likeness (QED) is 0.0845. The summed E-state index contributed by atoms with van der Waals surface area (Å²) in [4.78, 5) is 11.9. The molecule has 0 nitrogen and oxygen atoms in total. The van der Waals surface area contributed by atoms with Crippen molar-refractivity contribution in [1.29, 1.82) is 0 Å². The zero-order valence-corrected chi connectivity index (χ0v) is 49.7. The van der Waals surface area contributed by atoms with Gasteiger partial charge in [0.05, 0.1) is 28.5 Å². The maximum atomic E-state index is 5.81. The van der Waals surface area contributed by atoms with E-state index < -0.39 is 0 Å². The molecule has 3 aromatic carbocycles. The van der Waals surface area contributed by atoms with Crippen molar-refractivity contribution in [2.75, 3.05) is 0 Å². The number of unbranched alkanes of at least 4 members (excludes halogenated alkanes) is 6. The fraction of sp³-hybridized carbons (Fsp3) is 0.167. The van der Waals surface area contributed by atoms with Gasteiger partial charge in [0.1, 0.15) is 0 Å². The van der Waals surface area contributed by atoms with Crippen LogP contribution in [0.15, 0.2) is 150 Å². The van der Waals surface area contributed by atoms with Crippen LogP contribution in [0, 0.1) is 48.4 Å². The summed E-state index contributed by atoms with van der Waals surface area (Å²) in [6.45, 7) is 4.42. The first-order valence-electron chi connectivity index (χ1n) is 22.7. The molecule has 0 aliphatic carbocycles. The third-order valence-corrected chi connectivity index (χ3v) is 19.7. The Bertz CT molecular complexity index is 3090. The van der Waals surface area contributed by atoms with Crippen LogP contribution in [-0.2, 0) is 0 Å². The van der Waals surface area contributed by atoms with E-state index in [1.54, 1.807) is 68.0 Å². The van der Waals surface area contributed by atoms with Crippen LogP contribution in [0.25, 0.3) is 61.3 Å². The highest BCUT2D eigenvalue weighted by molar-refractivity contribution is 9.11. The molecule has 0 amide bonds. The van der Waals surface area contributed by atoms with Crippen molar-refractivity contribution in [3.05, 3.63) is 171 Å². The molecular formula is C60H46Br4S6. The Labute approximate surface area is 472 Å². The first kappa shape index (κ1) is 53.8. The van der Waals surface area contributed by atoms with E-state index in [1.807, 2.05) is 24.3 Å². The lowest BCUT2D eigenvalue weighted by atomic mass is 10.1. The third-order valence-electron chi connectivity index (χ3n) is 10.5. The highest BCUT2D eigenvalue weighted by Crippen LogP contribution is 2.42. The minimum absolute atomic E-state index is 0.896. The maximum Gasteiger partial charge on any atom is 0.0931 e. The molecule has 0 aliphatic rings. The minimum atomic E-state index is 0.896. The summed E-state index contributed by atoms with van der Waals surface area (Å²) in [5, 5.41) is 0. The lowest BCUT2D eigenvalue weighted by Gasteiger charge is -2.01. The molecule has 0 spiro atoms. The van der Waals surface area contributed by atoms with Gasteiger partial charge in [0, 0.05) is 60.8 Å². The molecule has 0 aliphatic heterocycles. The number of terminal acetylenes is 2. The number of hydrogen-bond donors (Lipinski definition) is 0. The van der Waals surface area contributed by atoms with Crippen molar-refractivity contribution in [1.82, 2.24) is 0 Å². The second-order valence-electron chi connectivity index (χ2n) is 15.6. The van der Waals surface area contributed by atoms with Gasteiger partial charge in [-0.05, 0) is 152 Å². The van der Waals surface area contributed by atoms with Crippen LogP contribution in [0.1, 0.15) is 86.1 Å². The van der Waals surface area contributed by atoms with E-state index in [0.29, 0.717) is 0 Å². The number of rotatable bonds is 12. The molecule has 9 rings (SSSR count). The molecule has 6 aromatic heterocycles. The Balaban J connectivity index is 0.000000224. The van der Waals surface area contributed by atoms with Gasteiger partial charge in [0.15, 0.2) is 0 Å². The lowest BCUT2D eigenvalue weighted by Crippen LogP contribution is -1.74. The summed E-state index contributed by atoms with van der Waals surface area (Å²) >= 11 is 24.1. The van der Waals surface area contributed by atoms with E-state index in [2.05, 4.69) is 222 Å². The zero-order chi connectivity index (χ0) is 49.2. The first-order valence-corrected chi connectivity index (χ1v) is 30.7. The van der Waals surface area contributed by atoms with Gasteiger partial charge >= 0.3 is 0 Å². The normalized spacial score (nSPS) is 10.3. The van der Waals surface area contributed by atoms with Gasteiger partial charge in [-0.1, -0.05) is 155 Å². The fourth-order valence-corrected chi connectivity index (χ4v) is 14.3. The van der Waals surface area contributed by atoms with E-state index in [-0.39, 0.29) is 0 Å². The Morgan fingerprint density at radius 2 is 0.700 bits per heavy atom. The lowest BCUT2D eigenvalue weighted by molar-refractivity contribution is 0.737. The van der Waals surface area contributed by atoms with Gasteiger partial charge in [-0.25, -0.2) is 0 Å². The van der Waals surface area contributed by atoms with Gasteiger partial charge in [-0.2, -0.15) is 0 Å². The summed E-state index contributed by atoms with van der Waals surface area (Å²) in [6, 6.07) is 47.0. The van der Waals surface area contributed by atoms with Crippen LogP contribution in [0.2, 0.25) is 0 Å². The second kappa shape index (κ2) is 27.7. The molecule has 0 fully saturated rings. The van der Waals surface area contributed by atoms with Crippen LogP contribution >= 0.6 is 132 Å². The molecule has 9 aromatic rings. The topological polar surface area (TPSA) is 0 Å². The average molecular weight is 1280 g/mol. The van der Waals surface area contributed by atoms with Crippen molar-refractivity contribution in [2.24, 2.45) is 0 Å². The fourth-order valence-electron chi connectivity index (χ4n) is 6.85. The minimum Gasteiger partial charge on any atom is -0.134 e. The summed E-state index contributed by atoms with van der Waals surface area (Å²) in [5.41, 5.74) is 6.76. The van der Waals surface area contributed by atoms with Crippen molar-refractivity contribution in [2.45, 2.75) is 65.2 Å². The second-order valence-corrected chi connectivity index (χ2v) is 26.7. The number of halogens is 4. The van der Waals surface area contributed by atoms with Crippen molar-refractivity contribution in [3.63, 3.8) is 0 Å². The van der Waals surface area contributed by atoms with Crippen LogP contribution in [0.3, 0.4) is 0 Å². The van der Waals surface area contributed by atoms with Gasteiger partial charge in [0.25, 0.3) is 0 Å². The summed E-state index contributed by atoms with van der Waals surface area (Å²) in [5.74, 6) is 18.9. The predicted molar refractivity (Wildman–Crippen MR) is 328 cm³/mol.